The standard InChI is InChI=1S/C20H25N/c1-16(17-7-3-2-4-8-17)13-14-21-15-19-9-5-6-10-20(19)18-11-12-18/h2-10,16,18,21H,11-15H2,1H3. The molecule has 0 bridgehead atoms. The van der Waals surface area contributed by atoms with Crippen molar-refractivity contribution in [2.24, 2.45) is 0 Å². The zero-order valence-corrected chi connectivity index (χ0v) is 12.9. The molecule has 2 aromatic carbocycles. The lowest BCUT2D eigenvalue weighted by Crippen LogP contribution is -2.17. The van der Waals surface area contributed by atoms with Crippen LogP contribution in [0.15, 0.2) is 54.6 Å². The van der Waals surface area contributed by atoms with Gasteiger partial charge in [-0.3, -0.25) is 0 Å². The normalized spacial score (nSPS) is 15.9. The predicted octanol–water partition coefficient (Wildman–Crippen LogP) is 4.85. The summed E-state index contributed by atoms with van der Waals surface area (Å²) >= 11 is 0. The van der Waals surface area contributed by atoms with Gasteiger partial charge in [0.15, 0.2) is 0 Å². The highest BCUT2D eigenvalue weighted by Gasteiger charge is 2.25. The molecule has 1 atom stereocenters. The number of hydrogen-bond acceptors (Lipinski definition) is 1. The minimum atomic E-state index is 0.623. The van der Waals surface area contributed by atoms with Gasteiger partial charge in [-0.1, -0.05) is 61.5 Å². The Kier molecular flexibility index (Phi) is 4.72. The van der Waals surface area contributed by atoms with Crippen molar-refractivity contribution in [3.05, 3.63) is 71.3 Å². The van der Waals surface area contributed by atoms with Gasteiger partial charge in [-0.25, -0.2) is 0 Å². The Labute approximate surface area is 128 Å². The van der Waals surface area contributed by atoms with Gasteiger partial charge in [0.2, 0.25) is 0 Å². The van der Waals surface area contributed by atoms with Crippen LogP contribution in [0.1, 0.15) is 54.7 Å². The van der Waals surface area contributed by atoms with Gasteiger partial charge < -0.3 is 5.32 Å². The second kappa shape index (κ2) is 6.91. The van der Waals surface area contributed by atoms with Gasteiger partial charge in [0.05, 0.1) is 0 Å². The third kappa shape index (κ3) is 3.95. The molecule has 1 heteroatoms. The first kappa shape index (κ1) is 14.3. The third-order valence-electron chi connectivity index (χ3n) is 4.51. The van der Waals surface area contributed by atoms with Gasteiger partial charge in [-0.15, -0.1) is 0 Å². The van der Waals surface area contributed by atoms with E-state index < -0.39 is 0 Å². The SMILES string of the molecule is CC(CCNCc1ccccc1C1CC1)c1ccccc1. The first-order valence-corrected chi connectivity index (χ1v) is 8.18. The molecule has 110 valence electrons. The molecular weight excluding hydrogens is 254 g/mol. The minimum Gasteiger partial charge on any atom is -0.313 e. The van der Waals surface area contributed by atoms with Crippen LogP contribution in [0.4, 0.5) is 0 Å². The summed E-state index contributed by atoms with van der Waals surface area (Å²) in [5.41, 5.74) is 4.51. The van der Waals surface area contributed by atoms with E-state index in [2.05, 4.69) is 66.8 Å². The summed E-state index contributed by atoms with van der Waals surface area (Å²) in [7, 11) is 0. The molecule has 1 aliphatic rings. The maximum atomic E-state index is 3.63. The molecule has 1 fully saturated rings. The molecule has 0 spiro atoms. The van der Waals surface area contributed by atoms with Crippen LogP contribution in [0.25, 0.3) is 0 Å². The van der Waals surface area contributed by atoms with Crippen molar-refractivity contribution in [1.82, 2.24) is 5.32 Å². The van der Waals surface area contributed by atoms with Gasteiger partial charge in [0, 0.05) is 6.54 Å². The van der Waals surface area contributed by atoms with E-state index >= 15 is 0 Å². The van der Waals surface area contributed by atoms with Crippen molar-refractivity contribution in [1.29, 1.82) is 0 Å². The number of hydrogen-bond donors (Lipinski definition) is 1. The van der Waals surface area contributed by atoms with Gasteiger partial charge in [0.1, 0.15) is 0 Å². The Morgan fingerprint density at radius 1 is 1.00 bits per heavy atom. The molecule has 1 saturated carbocycles. The van der Waals surface area contributed by atoms with E-state index in [1.165, 1.54) is 30.4 Å². The van der Waals surface area contributed by atoms with E-state index in [1.807, 2.05) is 0 Å². The van der Waals surface area contributed by atoms with Gasteiger partial charge in [-0.05, 0) is 54.3 Å². The fourth-order valence-electron chi connectivity index (χ4n) is 2.98. The topological polar surface area (TPSA) is 12.0 Å². The molecule has 1 nitrogen and oxygen atoms in total. The van der Waals surface area contributed by atoms with Gasteiger partial charge in [-0.2, -0.15) is 0 Å². The zero-order valence-electron chi connectivity index (χ0n) is 12.9. The van der Waals surface area contributed by atoms with Crippen molar-refractivity contribution in [3.8, 4) is 0 Å². The smallest absolute Gasteiger partial charge is 0.0208 e. The van der Waals surface area contributed by atoms with Crippen LogP contribution < -0.4 is 5.32 Å². The van der Waals surface area contributed by atoms with Crippen LogP contribution >= 0.6 is 0 Å². The summed E-state index contributed by atoms with van der Waals surface area (Å²) in [5, 5.41) is 3.63. The highest BCUT2D eigenvalue weighted by atomic mass is 14.8. The van der Waals surface area contributed by atoms with Crippen molar-refractivity contribution in [2.75, 3.05) is 6.54 Å². The summed E-state index contributed by atoms with van der Waals surface area (Å²) in [6.45, 7) is 4.40. The molecule has 0 amide bonds. The molecule has 1 aliphatic carbocycles. The first-order valence-electron chi connectivity index (χ1n) is 8.18. The minimum absolute atomic E-state index is 0.623. The average Bonchev–Trinajstić information content (AvgIpc) is 3.37. The maximum absolute atomic E-state index is 3.63. The number of rotatable bonds is 7. The Morgan fingerprint density at radius 2 is 1.71 bits per heavy atom. The summed E-state index contributed by atoms with van der Waals surface area (Å²) in [4.78, 5) is 0. The van der Waals surface area contributed by atoms with Crippen LogP contribution in [-0.2, 0) is 6.54 Å². The molecule has 1 unspecified atom stereocenters. The third-order valence-corrected chi connectivity index (χ3v) is 4.51. The highest BCUT2D eigenvalue weighted by Crippen LogP contribution is 2.41. The monoisotopic (exact) mass is 279 g/mol. The van der Waals surface area contributed by atoms with Crippen LogP contribution in [0, 0.1) is 0 Å². The molecule has 0 aromatic heterocycles. The van der Waals surface area contributed by atoms with Crippen molar-refractivity contribution < 1.29 is 0 Å². The maximum Gasteiger partial charge on any atom is 0.0208 e. The summed E-state index contributed by atoms with van der Waals surface area (Å²) < 4.78 is 0. The highest BCUT2D eigenvalue weighted by molar-refractivity contribution is 5.33. The Morgan fingerprint density at radius 3 is 2.48 bits per heavy atom. The van der Waals surface area contributed by atoms with E-state index in [4.69, 9.17) is 0 Å². The molecule has 1 N–H and O–H groups in total. The number of benzene rings is 2. The van der Waals surface area contributed by atoms with Crippen molar-refractivity contribution >= 4 is 0 Å². The Balaban J connectivity index is 1.46. The fourth-order valence-corrected chi connectivity index (χ4v) is 2.98. The predicted molar refractivity (Wildman–Crippen MR) is 89.6 cm³/mol. The van der Waals surface area contributed by atoms with Crippen LogP contribution in [0.5, 0.6) is 0 Å². The van der Waals surface area contributed by atoms with Crippen LogP contribution in [-0.4, -0.2) is 6.54 Å². The largest absolute Gasteiger partial charge is 0.313 e. The van der Waals surface area contributed by atoms with Crippen LogP contribution in [0.2, 0.25) is 0 Å². The van der Waals surface area contributed by atoms with E-state index in [9.17, 15) is 0 Å². The Bertz CT molecular complexity index is 557. The van der Waals surface area contributed by atoms with Crippen LogP contribution in [0.3, 0.4) is 0 Å². The molecule has 3 rings (SSSR count). The molecule has 21 heavy (non-hydrogen) atoms. The van der Waals surface area contributed by atoms with E-state index in [-0.39, 0.29) is 0 Å². The molecule has 0 heterocycles. The first-order chi connectivity index (χ1) is 10.3. The second-order valence-electron chi connectivity index (χ2n) is 6.25. The molecule has 0 saturated heterocycles. The molecule has 2 aromatic rings. The lowest BCUT2D eigenvalue weighted by Gasteiger charge is -2.13. The van der Waals surface area contributed by atoms with E-state index in [1.54, 1.807) is 5.56 Å². The summed E-state index contributed by atoms with van der Waals surface area (Å²) in [6.07, 6.45) is 3.94. The second-order valence-corrected chi connectivity index (χ2v) is 6.25. The Hall–Kier alpha value is -1.60. The van der Waals surface area contributed by atoms with Crippen molar-refractivity contribution in [3.63, 3.8) is 0 Å². The van der Waals surface area contributed by atoms with Gasteiger partial charge >= 0.3 is 0 Å². The quantitative estimate of drug-likeness (QED) is 0.715. The van der Waals surface area contributed by atoms with Gasteiger partial charge in [0.25, 0.3) is 0 Å². The van der Waals surface area contributed by atoms with Crippen molar-refractivity contribution in [2.45, 2.75) is 44.6 Å². The number of nitrogens with one attached hydrogen (secondary N) is 1. The summed E-state index contributed by atoms with van der Waals surface area (Å²) in [5.74, 6) is 1.46. The lowest BCUT2D eigenvalue weighted by molar-refractivity contribution is 0.592. The zero-order chi connectivity index (χ0) is 14.5. The summed E-state index contributed by atoms with van der Waals surface area (Å²) in [6, 6.07) is 19.7. The molecular formula is C20H25N. The fraction of sp³-hybridized carbons (Fsp3) is 0.400. The average molecular weight is 279 g/mol. The van der Waals surface area contributed by atoms with E-state index in [0.717, 1.165) is 19.0 Å². The molecule has 0 aliphatic heterocycles. The van der Waals surface area contributed by atoms with E-state index in [0.29, 0.717) is 5.92 Å². The molecule has 0 radical (unpaired) electrons. The lowest BCUT2D eigenvalue weighted by atomic mass is 9.98.